The minimum Gasteiger partial charge on any atom is -0.399 e. The minimum atomic E-state index is -0.330. The van der Waals surface area contributed by atoms with Crippen LogP contribution in [0.25, 0.3) is 0 Å². The third kappa shape index (κ3) is 2.70. The molecule has 1 aromatic heterocycles. The van der Waals surface area contributed by atoms with Crippen LogP contribution < -0.4 is 10.1 Å². The number of carbonyl (C=O) groups is 1. The number of fused-ring (bicyclic) bond motifs is 3. The van der Waals surface area contributed by atoms with Crippen molar-refractivity contribution in [2.75, 3.05) is 19.6 Å². The van der Waals surface area contributed by atoms with Gasteiger partial charge in [0, 0.05) is 12.6 Å². The van der Waals surface area contributed by atoms with E-state index in [1.54, 1.807) is 6.07 Å². The molecule has 0 spiro atoms. The van der Waals surface area contributed by atoms with E-state index in [0.717, 1.165) is 10.3 Å². The first-order chi connectivity index (χ1) is 8.70. The van der Waals surface area contributed by atoms with E-state index in [1.165, 1.54) is 37.3 Å². The summed E-state index contributed by atoms with van der Waals surface area (Å²) in [5, 5.41) is 3.62. The molecule has 6 heteroatoms. The number of halogens is 1. The lowest BCUT2D eigenvalue weighted by Gasteiger charge is -2.44. The molecule has 0 aromatic carbocycles. The number of hydrogen-bond donors (Lipinski definition) is 1. The van der Waals surface area contributed by atoms with Crippen molar-refractivity contribution in [3.05, 3.63) is 15.9 Å². The quantitative estimate of drug-likeness (QED) is 0.906. The highest BCUT2D eigenvalue weighted by atomic mass is 79.9. The van der Waals surface area contributed by atoms with Gasteiger partial charge in [-0.05, 0) is 59.9 Å². The highest BCUT2D eigenvalue weighted by Gasteiger charge is 2.35. The van der Waals surface area contributed by atoms with E-state index in [4.69, 9.17) is 4.74 Å². The average molecular weight is 331 g/mol. The van der Waals surface area contributed by atoms with Crippen LogP contribution in [-0.4, -0.2) is 36.7 Å². The molecule has 1 unspecified atom stereocenters. The maximum absolute atomic E-state index is 11.8. The van der Waals surface area contributed by atoms with Gasteiger partial charge in [-0.3, -0.25) is 0 Å². The topological polar surface area (TPSA) is 41.6 Å². The number of nitrogens with one attached hydrogen (secondary N) is 1. The summed E-state index contributed by atoms with van der Waals surface area (Å²) in [5.41, 5.74) is 0. The first-order valence-electron chi connectivity index (χ1n) is 6.17. The standard InChI is InChI=1S/C12H15BrN2O2S/c13-10-1-2-11(18-10)17-12(16)14-9-7-15-5-3-8(9)4-6-15/h1-2,8-9H,3-7H2,(H,14,16). The minimum absolute atomic E-state index is 0.253. The maximum atomic E-state index is 11.8. The second-order valence-corrected chi connectivity index (χ2v) is 7.26. The molecular weight excluding hydrogens is 316 g/mol. The molecule has 0 aliphatic carbocycles. The molecular formula is C12H15BrN2O2S. The van der Waals surface area contributed by atoms with Crippen LogP contribution in [0.4, 0.5) is 4.79 Å². The summed E-state index contributed by atoms with van der Waals surface area (Å²) in [5.74, 6) is 0.623. The van der Waals surface area contributed by atoms with Crippen molar-refractivity contribution in [3.8, 4) is 5.06 Å². The predicted octanol–water partition coefficient (Wildman–Crippen LogP) is 2.69. The number of amides is 1. The van der Waals surface area contributed by atoms with E-state index >= 15 is 0 Å². The SMILES string of the molecule is O=C(NC1CN2CCC1CC2)Oc1ccc(Br)s1. The van der Waals surface area contributed by atoms with E-state index in [9.17, 15) is 4.79 Å². The van der Waals surface area contributed by atoms with Crippen LogP contribution in [0.15, 0.2) is 15.9 Å². The lowest BCUT2D eigenvalue weighted by atomic mass is 9.84. The summed E-state index contributed by atoms with van der Waals surface area (Å²) >= 11 is 4.76. The van der Waals surface area contributed by atoms with Crippen LogP contribution in [-0.2, 0) is 0 Å². The van der Waals surface area contributed by atoms with Gasteiger partial charge in [0.25, 0.3) is 0 Å². The third-order valence-electron chi connectivity index (χ3n) is 3.70. The van der Waals surface area contributed by atoms with Crippen LogP contribution in [0.5, 0.6) is 5.06 Å². The summed E-state index contributed by atoms with van der Waals surface area (Å²) in [4.78, 5) is 14.2. The van der Waals surface area contributed by atoms with Gasteiger partial charge in [0.2, 0.25) is 0 Å². The fourth-order valence-electron chi connectivity index (χ4n) is 2.75. The summed E-state index contributed by atoms with van der Waals surface area (Å²) in [7, 11) is 0. The van der Waals surface area contributed by atoms with Gasteiger partial charge in [0.15, 0.2) is 5.06 Å². The van der Waals surface area contributed by atoms with Crippen molar-refractivity contribution in [1.29, 1.82) is 0 Å². The molecule has 0 saturated carbocycles. The Balaban J connectivity index is 1.55. The molecule has 1 atom stereocenters. The first-order valence-corrected chi connectivity index (χ1v) is 7.78. The Kier molecular flexibility index (Phi) is 3.59. The van der Waals surface area contributed by atoms with Crippen molar-refractivity contribution >= 4 is 33.4 Å². The van der Waals surface area contributed by atoms with Crippen molar-refractivity contribution in [2.45, 2.75) is 18.9 Å². The van der Waals surface area contributed by atoms with Crippen molar-refractivity contribution < 1.29 is 9.53 Å². The lowest BCUT2D eigenvalue weighted by molar-refractivity contribution is 0.0726. The van der Waals surface area contributed by atoms with Crippen molar-refractivity contribution in [1.82, 2.24) is 10.2 Å². The molecule has 4 rings (SSSR count). The van der Waals surface area contributed by atoms with Gasteiger partial charge < -0.3 is 15.0 Å². The Hall–Kier alpha value is -0.590. The van der Waals surface area contributed by atoms with Crippen LogP contribution >= 0.6 is 27.3 Å². The summed E-state index contributed by atoms with van der Waals surface area (Å²) < 4.78 is 6.23. The van der Waals surface area contributed by atoms with Gasteiger partial charge >= 0.3 is 6.09 Å². The Morgan fingerprint density at radius 2 is 2.22 bits per heavy atom. The fourth-order valence-corrected chi connectivity index (χ4v) is 3.95. The molecule has 2 bridgehead atoms. The Labute approximate surface area is 118 Å². The fraction of sp³-hybridized carbons (Fsp3) is 0.583. The molecule has 4 heterocycles. The molecule has 0 radical (unpaired) electrons. The Morgan fingerprint density at radius 3 is 2.78 bits per heavy atom. The highest BCUT2D eigenvalue weighted by molar-refractivity contribution is 9.11. The average Bonchev–Trinajstić information content (AvgIpc) is 2.76. The predicted molar refractivity (Wildman–Crippen MR) is 74.1 cm³/mol. The van der Waals surface area contributed by atoms with E-state index in [2.05, 4.69) is 26.1 Å². The number of ether oxygens (including phenoxy) is 1. The van der Waals surface area contributed by atoms with E-state index in [0.29, 0.717) is 11.0 Å². The van der Waals surface area contributed by atoms with E-state index in [1.807, 2.05) is 6.07 Å². The second-order valence-electron chi connectivity index (χ2n) is 4.84. The number of piperidine rings is 3. The van der Waals surface area contributed by atoms with E-state index < -0.39 is 0 Å². The summed E-state index contributed by atoms with van der Waals surface area (Å²) in [6.45, 7) is 3.32. The normalized spacial score (nSPS) is 30.2. The Bertz CT molecular complexity index is 443. The largest absolute Gasteiger partial charge is 0.413 e. The molecule has 3 fully saturated rings. The Morgan fingerprint density at radius 1 is 1.44 bits per heavy atom. The zero-order valence-electron chi connectivity index (χ0n) is 9.89. The number of rotatable bonds is 2. The van der Waals surface area contributed by atoms with Crippen molar-refractivity contribution in [2.24, 2.45) is 5.92 Å². The molecule has 4 nitrogen and oxygen atoms in total. The molecule has 1 amide bonds. The smallest absolute Gasteiger partial charge is 0.399 e. The molecule has 1 aromatic rings. The van der Waals surface area contributed by atoms with Crippen molar-refractivity contribution in [3.63, 3.8) is 0 Å². The number of carbonyl (C=O) groups excluding carboxylic acids is 1. The maximum Gasteiger partial charge on any atom is 0.413 e. The monoisotopic (exact) mass is 330 g/mol. The third-order valence-corrected chi connectivity index (χ3v) is 5.20. The summed E-state index contributed by atoms with van der Waals surface area (Å²) in [6, 6.07) is 3.93. The van der Waals surface area contributed by atoms with Crippen LogP contribution in [0, 0.1) is 5.92 Å². The zero-order valence-corrected chi connectivity index (χ0v) is 12.3. The highest BCUT2D eigenvalue weighted by Crippen LogP contribution is 2.30. The number of thiophene rings is 1. The van der Waals surface area contributed by atoms with Gasteiger partial charge in [0.05, 0.1) is 3.79 Å². The summed E-state index contributed by atoms with van der Waals surface area (Å²) in [6.07, 6.45) is 2.05. The van der Waals surface area contributed by atoms with Gasteiger partial charge in [-0.2, -0.15) is 0 Å². The van der Waals surface area contributed by atoms with E-state index in [-0.39, 0.29) is 12.1 Å². The number of hydrogen-bond acceptors (Lipinski definition) is 4. The second kappa shape index (κ2) is 5.19. The molecule has 3 aliphatic rings. The molecule has 3 saturated heterocycles. The lowest BCUT2D eigenvalue weighted by Crippen LogP contribution is -2.57. The first kappa shape index (κ1) is 12.4. The van der Waals surface area contributed by atoms with Gasteiger partial charge in [-0.15, -0.1) is 0 Å². The molecule has 3 aliphatic heterocycles. The van der Waals surface area contributed by atoms with Gasteiger partial charge in [0.1, 0.15) is 0 Å². The zero-order chi connectivity index (χ0) is 12.5. The van der Waals surface area contributed by atoms with Gasteiger partial charge in [-0.1, -0.05) is 11.3 Å². The number of nitrogens with zero attached hydrogens (tertiary/aromatic N) is 1. The molecule has 98 valence electrons. The molecule has 18 heavy (non-hydrogen) atoms. The van der Waals surface area contributed by atoms with Crippen LogP contribution in [0.1, 0.15) is 12.8 Å². The van der Waals surface area contributed by atoms with Crippen LogP contribution in [0.3, 0.4) is 0 Å². The molecule has 1 N–H and O–H groups in total. The van der Waals surface area contributed by atoms with Gasteiger partial charge in [-0.25, -0.2) is 4.79 Å². The van der Waals surface area contributed by atoms with Crippen LogP contribution in [0.2, 0.25) is 0 Å².